The molecular weight excluding hydrogens is 661 g/mol. The Morgan fingerprint density at radius 3 is 2.44 bits per heavy atom. The fourth-order valence-corrected chi connectivity index (χ4v) is 7.05. The third kappa shape index (κ3) is 6.43. The molecule has 1 aromatic carbocycles. The summed E-state index contributed by atoms with van der Waals surface area (Å²) in [6, 6.07) is 0.649. The smallest absolute Gasteiger partial charge is 0.410 e. The van der Waals surface area contributed by atoms with Crippen molar-refractivity contribution in [2.24, 2.45) is 5.92 Å². The SMILES string of the molecule is C=CCOC(=O)[C@H]1O[C@@H](OC(=O)c2cn(C3CC3)c3c(OC)c(N4C[C@@H]5CCCN(C(=O)OCC=C)[C@@H]5C4)c(F)cc3c2=O)[C@H](O)[C@@H](O)[C@@H]1O. The molecule has 3 N–H and O–H groups in total. The zero-order valence-electron chi connectivity index (χ0n) is 27.4. The second-order valence-electron chi connectivity index (χ2n) is 12.8. The van der Waals surface area contributed by atoms with Crippen LogP contribution in [0.1, 0.15) is 42.1 Å². The maximum absolute atomic E-state index is 16.2. The number of halogens is 1. The summed E-state index contributed by atoms with van der Waals surface area (Å²) in [4.78, 5) is 56.0. The summed E-state index contributed by atoms with van der Waals surface area (Å²) in [7, 11) is 1.36. The molecule has 270 valence electrons. The molecule has 1 saturated carbocycles. The average Bonchev–Trinajstić information content (AvgIpc) is 3.86. The topological polar surface area (TPSA) is 187 Å². The second kappa shape index (κ2) is 14.4. The van der Waals surface area contributed by atoms with E-state index in [0.717, 1.165) is 18.9 Å². The molecule has 0 radical (unpaired) electrons. The number of carbonyl (C=O) groups is 3. The molecule has 3 saturated heterocycles. The minimum Gasteiger partial charge on any atom is -0.492 e. The number of likely N-dealkylation sites (tertiary alicyclic amines) is 1. The van der Waals surface area contributed by atoms with Crippen LogP contribution in [-0.4, -0.2) is 120 Å². The number of piperidine rings is 1. The number of hydrogen-bond acceptors (Lipinski definition) is 13. The molecule has 2 aromatic rings. The van der Waals surface area contributed by atoms with Crippen LogP contribution in [-0.2, 0) is 23.7 Å². The largest absolute Gasteiger partial charge is 0.492 e. The molecule has 16 heteroatoms. The lowest BCUT2D eigenvalue weighted by Gasteiger charge is -2.38. The Kier molecular flexibility index (Phi) is 10.2. The highest BCUT2D eigenvalue weighted by atomic mass is 19.1. The van der Waals surface area contributed by atoms with Crippen LogP contribution in [0.2, 0.25) is 0 Å². The summed E-state index contributed by atoms with van der Waals surface area (Å²) < 4.78 is 44.4. The molecule has 3 aliphatic heterocycles. The third-order valence-corrected chi connectivity index (χ3v) is 9.59. The van der Waals surface area contributed by atoms with Crippen LogP contribution < -0.4 is 15.1 Å². The van der Waals surface area contributed by atoms with E-state index in [4.69, 9.17) is 23.7 Å². The highest BCUT2D eigenvalue weighted by molar-refractivity contribution is 5.98. The maximum Gasteiger partial charge on any atom is 0.410 e. The lowest BCUT2D eigenvalue weighted by atomic mass is 9.92. The van der Waals surface area contributed by atoms with Crippen LogP contribution >= 0.6 is 0 Å². The number of benzene rings is 1. The van der Waals surface area contributed by atoms with E-state index < -0.39 is 65.5 Å². The Morgan fingerprint density at radius 2 is 1.76 bits per heavy atom. The van der Waals surface area contributed by atoms with Crippen molar-refractivity contribution in [2.45, 2.75) is 68.5 Å². The molecule has 6 rings (SSSR count). The zero-order chi connectivity index (χ0) is 35.9. The number of esters is 2. The van der Waals surface area contributed by atoms with Gasteiger partial charge in [0, 0.05) is 31.9 Å². The molecule has 1 aliphatic carbocycles. The number of aromatic nitrogens is 1. The van der Waals surface area contributed by atoms with Gasteiger partial charge in [-0.3, -0.25) is 4.79 Å². The molecule has 50 heavy (non-hydrogen) atoms. The number of carbonyl (C=O) groups excluding carboxylic acids is 3. The van der Waals surface area contributed by atoms with Crippen molar-refractivity contribution in [1.82, 2.24) is 9.47 Å². The number of aliphatic hydroxyl groups excluding tert-OH is 3. The number of nitrogens with zero attached hydrogens (tertiary/aromatic N) is 3. The molecular formula is C34H40FN3O12. The highest BCUT2D eigenvalue weighted by Crippen LogP contribution is 2.45. The number of amides is 1. The van der Waals surface area contributed by atoms with Gasteiger partial charge in [-0.25, -0.2) is 18.8 Å². The quantitative estimate of drug-likeness (QED) is 0.184. The third-order valence-electron chi connectivity index (χ3n) is 9.59. The molecule has 4 aliphatic rings. The molecule has 4 heterocycles. The predicted molar refractivity (Wildman–Crippen MR) is 173 cm³/mol. The Labute approximate surface area is 286 Å². The molecule has 15 nitrogen and oxygen atoms in total. The van der Waals surface area contributed by atoms with E-state index in [1.165, 1.54) is 25.5 Å². The van der Waals surface area contributed by atoms with Gasteiger partial charge < -0.3 is 53.4 Å². The van der Waals surface area contributed by atoms with Crippen molar-refractivity contribution >= 4 is 34.6 Å². The van der Waals surface area contributed by atoms with E-state index in [-0.39, 0.29) is 53.6 Å². The van der Waals surface area contributed by atoms with Gasteiger partial charge in [0.25, 0.3) is 0 Å². The molecule has 0 spiro atoms. The Bertz CT molecular complexity index is 1740. The van der Waals surface area contributed by atoms with Crippen LogP contribution in [0.5, 0.6) is 5.75 Å². The molecule has 0 unspecified atom stereocenters. The van der Waals surface area contributed by atoms with Crippen molar-refractivity contribution in [2.75, 3.05) is 44.9 Å². The van der Waals surface area contributed by atoms with Crippen LogP contribution in [0.25, 0.3) is 10.9 Å². The molecule has 1 aromatic heterocycles. The maximum atomic E-state index is 16.2. The van der Waals surface area contributed by atoms with Gasteiger partial charge >= 0.3 is 18.0 Å². The minimum atomic E-state index is -1.99. The van der Waals surface area contributed by atoms with Crippen molar-refractivity contribution in [3.05, 3.63) is 59.2 Å². The molecule has 4 fully saturated rings. The molecule has 0 bridgehead atoms. The first-order valence-corrected chi connectivity index (χ1v) is 16.4. The summed E-state index contributed by atoms with van der Waals surface area (Å²) in [5.41, 5.74) is -1.03. The summed E-state index contributed by atoms with van der Waals surface area (Å²) in [5, 5.41) is 31.0. The number of anilines is 1. The summed E-state index contributed by atoms with van der Waals surface area (Å²) in [6.07, 6.45) is -3.15. The molecule has 1 amide bonds. The number of pyridine rings is 1. The summed E-state index contributed by atoms with van der Waals surface area (Å²) in [5.74, 6) is -3.03. The van der Waals surface area contributed by atoms with E-state index in [0.29, 0.717) is 32.5 Å². The average molecular weight is 702 g/mol. The summed E-state index contributed by atoms with van der Waals surface area (Å²) in [6.45, 7) is 8.07. The van der Waals surface area contributed by atoms with E-state index in [1.54, 1.807) is 9.47 Å². The first-order valence-electron chi connectivity index (χ1n) is 16.4. The van der Waals surface area contributed by atoms with Crippen LogP contribution in [0.15, 0.2) is 42.4 Å². The number of rotatable bonds is 10. The van der Waals surface area contributed by atoms with Crippen LogP contribution in [0, 0.1) is 11.7 Å². The van der Waals surface area contributed by atoms with Crippen LogP contribution in [0.3, 0.4) is 0 Å². The standard InChI is InChI=1S/C34H40FN3O12/c1-4-11-47-32(44)30-27(41)26(40)28(42)33(49-30)50-31(43)20-15-38(18-8-9-18)23-19(25(20)39)13-21(35)24(29(23)46-3)36-14-17-7-6-10-37(22(17)16-36)34(45)48-12-5-2/h4-5,13,15,17-18,22,26-28,30,33,40-42H,1-2,6-12,14,16H2,3H3/t17-,22+,26-,27-,28+,30-,33-/m0/s1. The van der Waals surface area contributed by atoms with E-state index in [1.807, 2.05) is 4.90 Å². The van der Waals surface area contributed by atoms with Gasteiger partial charge in [0.2, 0.25) is 11.7 Å². The highest BCUT2D eigenvalue weighted by Gasteiger charge is 2.49. The number of ether oxygens (including phenoxy) is 5. The Hall–Kier alpha value is -4.51. The van der Waals surface area contributed by atoms with Gasteiger partial charge in [-0.2, -0.15) is 0 Å². The van der Waals surface area contributed by atoms with Gasteiger partial charge in [-0.15, -0.1) is 0 Å². The monoisotopic (exact) mass is 701 g/mol. The normalized spacial score (nSPS) is 27.7. The van der Waals surface area contributed by atoms with Gasteiger partial charge in [0.15, 0.2) is 17.7 Å². The van der Waals surface area contributed by atoms with E-state index in [2.05, 4.69) is 13.2 Å². The Morgan fingerprint density at radius 1 is 1.04 bits per heavy atom. The van der Waals surface area contributed by atoms with Gasteiger partial charge in [-0.1, -0.05) is 25.3 Å². The minimum absolute atomic E-state index is 0.0445. The predicted octanol–water partition coefficient (Wildman–Crippen LogP) is 1.40. The number of fused-ring (bicyclic) bond motifs is 2. The van der Waals surface area contributed by atoms with Crippen molar-refractivity contribution in [3.8, 4) is 5.75 Å². The van der Waals surface area contributed by atoms with Gasteiger partial charge in [0.05, 0.1) is 24.1 Å². The number of methoxy groups -OCH3 is 1. The van der Waals surface area contributed by atoms with Crippen molar-refractivity contribution in [1.29, 1.82) is 0 Å². The molecule has 7 atom stereocenters. The van der Waals surface area contributed by atoms with Crippen LogP contribution in [0.4, 0.5) is 14.9 Å². The fraction of sp³-hybridized carbons (Fsp3) is 0.529. The van der Waals surface area contributed by atoms with Crippen molar-refractivity contribution < 1.29 is 57.8 Å². The second-order valence-corrected chi connectivity index (χ2v) is 12.8. The summed E-state index contributed by atoms with van der Waals surface area (Å²) >= 11 is 0. The first-order chi connectivity index (χ1) is 24.0. The number of aliphatic hydroxyl groups is 3. The van der Waals surface area contributed by atoms with Gasteiger partial charge in [0.1, 0.15) is 42.8 Å². The lowest BCUT2D eigenvalue weighted by molar-refractivity contribution is -0.279. The van der Waals surface area contributed by atoms with E-state index in [9.17, 15) is 34.5 Å². The van der Waals surface area contributed by atoms with Crippen molar-refractivity contribution in [3.63, 3.8) is 0 Å². The van der Waals surface area contributed by atoms with E-state index >= 15 is 4.39 Å². The Balaban J connectivity index is 1.33. The van der Waals surface area contributed by atoms with Gasteiger partial charge in [-0.05, 0) is 37.7 Å². The fourth-order valence-electron chi connectivity index (χ4n) is 7.05. The first kappa shape index (κ1) is 35.3. The zero-order valence-corrected chi connectivity index (χ0v) is 27.4. The lowest BCUT2D eigenvalue weighted by Crippen LogP contribution is -2.61. The number of hydrogen-bond donors (Lipinski definition) is 3.